The molecule has 0 aliphatic rings. The van der Waals surface area contributed by atoms with Crippen molar-refractivity contribution in [3.63, 3.8) is 0 Å². The van der Waals surface area contributed by atoms with Gasteiger partial charge in [-0.05, 0) is 85.5 Å². The fraction of sp³-hybridized carbons (Fsp3) is 0.471. The molecular formula is C34H48O8S. The van der Waals surface area contributed by atoms with Gasteiger partial charge in [-0.3, -0.25) is 4.18 Å². The highest BCUT2D eigenvalue weighted by Gasteiger charge is 2.16. The maximum absolute atomic E-state index is 11.7. The number of ether oxygens (including phenoxy) is 3. The first-order valence-electron chi connectivity index (χ1n) is 14.9. The molecule has 0 aliphatic heterocycles. The molecule has 0 spiro atoms. The van der Waals surface area contributed by atoms with Crippen molar-refractivity contribution in [3.8, 4) is 11.5 Å². The first kappa shape index (κ1) is 36.2. The second-order valence-corrected chi connectivity index (χ2v) is 11.9. The molecule has 9 heteroatoms. The lowest BCUT2D eigenvalue weighted by atomic mass is 9.84. The predicted molar refractivity (Wildman–Crippen MR) is 169 cm³/mol. The molecule has 3 rings (SSSR count). The number of hydrogen-bond donors (Lipinski definition) is 2. The minimum atomic E-state index is -3.64. The van der Waals surface area contributed by atoms with Crippen molar-refractivity contribution in [2.45, 2.75) is 63.7 Å². The molecule has 43 heavy (non-hydrogen) atoms. The van der Waals surface area contributed by atoms with E-state index in [1.807, 2.05) is 38.1 Å². The van der Waals surface area contributed by atoms with Gasteiger partial charge in [-0.2, -0.15) is 8.42 Å². The van der Waals surface area contributed by atoms with E-state index >= 15 is 0 Å². The Morgan fingerprint density at radius 3 is 1.95 bits per heavy atom. The molecule has 2 N–H and O–H groups in total. The molecule has 0 bridgehead atoms. The van der Waals surface area contributed by atoms with Crippen LogP contribution in [0.2, 0.25) is 0 Å². The molecular weight excluding hydrogens is 568 g/mol. The van der Waals surface area contributed by atoms with Crippen LogP contribution in [0, 0.1) is 6.92 Å². The fourth-order valence-corrected chi connectivity index (χ4v) is 5.24. The van der Waals surface area contributed by atoms with E-state index in [1.165, 1.54) is 23.3 Å². The monoisotopic (exact) mass is 616 g/mol. The third-order valence-corrected chi connectivity index (χ3v) is 8.13. The molecule has 0 saturated heterocycles. The zero-order valence-corrected chi connectivity index (χ0v) is 26.7. The average Bonchev–Trinajstić information content (AvgIpc) is 3.01. The standard InChI is InChI=1S/C22H30O4.C12H18O4S/c1-3-18(20-4-8-21(24)9-5-20)16-17(2)19-6-10-22(11-7-19)26-15-14-25-13-12-23;1-3-8-15-9-10-16-17(13,14)12-6-4-11(2)5-7-12/h4-11,17-18,23-24H,3,12-16H2,1-2H3;4-7H,3,8-10H2,1-2H3. The molecule has 3 aromatic rings. The number of hydrogen-bond acceptors (Lipinski definition) is 8. The molecule has 2 unspecified atom stereocenters. The second-order valence-electron chi connectivity index (χ2n) is 10.3. The van der Waals surface area contributed by atoms with Crippen molar-refractivity contribution in [2.24, 2.45) is 0 Å². The number of phenolic OH excluding ortho intramolecular Hbond substituents is 1. The van der Waals surface area contributed by atoms with Gasteiger partial charge in [0, 0.05) is 6.61 Å². The lowest BCUT2D eigenvalue weighted by Crippen LogP contribution is -2.11. The number of aromatic hydroxyl groups is 1. The Labute approximate surface area is 257 Å². The van der Waals surface area contributed by atoms with Gasteiger partial charge in [0.05, 0.1) is 37.9 Å². The van der Waals surface area contributed by atoms with Crippen LogP contribution in [0.3, 0.4) is 0 Å². The van der Waals surface area contributed by atoms with Crippen LogP contribution in [0.25, 0.3) is 0 Å². The number of benzene rings is 3. The first-order chi connectivity index (χ1) is 20.7. The third kappa shape index (κ3) is 13.9. The second kappa shape index (κ2) is 20.1. The van der Waals surface area contributed by atoms with Crippen LogP contribution in [-0.4, -0.2) is 64.9 Å². The SMILES string of the molecule is CCC(CC(C)c1ccc(OCCOCCO)cc1)c1ccc(O)cc1.CCCOCCOS(=O)(=O)c1ccc(C)cc1. The summed E-state index contributed by atoms with van der Waals surface area (Å²) < 4.78 is 44.2. The van der Waals surface area contributed by atoms with Crippen LogP contribution < -0.4 is 4.74 Å². The van der Waals surface area contributed by atoms with Crippen molar-refractivity contribution >= 4 is 10.1 Å². The third-order valence-electron chi connectivity index (χ3n) is 6.80. The predicted octanol–water partition coefficient (Wildman–Crippen LogP) is 6.59. The lowest BCUT2D eigenvalue weighted by Gasteiger charge is -2.21. The van der Waals surface area contributed by atoms with Gasteiger partial charge in [0.2, 0.25) is 0 Å². The smallest absolute Gasteiger partial charge is 0.297 e. The van der Waals surface area contributed by atoms with E-state index in [1.54, 1.807) is 24.3 Å². The zero-order chi connectivity index (χ0) is 31.5. The molecule has 0 amide bonds. The van der Waals surface area contributed by atoms with Crippen LogP contribution in [0.4, 0.5) is 0 Å². The van der Waals surface area contributed by atoms with Gasteiger partial charge < -0.3 is 24.4 Å². The summed E-state index contributed by atoms with van der Waals surface area (Å²) in [5, 5.41) is 18.1. The number of aryl methyl sites for hydroxylation is 1. The van der Waals surface area contributed by atoms with Gasteiger partial charge in [-0.15, -0.1) is 0 Å². The van der Waals surface area contributed by atoms with Crippen molar-refractivity contribution < 1.29 is 37.0 Å². The molecule has 0 fully saturated rings. The molecule has 0 saturated carbocycles. The Kier molecular flexibility index (Phi) is 16.9. The van der Waals surface area contributed by atoms with Gasteiger partial charge in [-0.25, -0.2) is 0 Å². The number of phenols is 1. The Hall–Kier alpha value is -2.95. The van der Waals surface area contributed by atoms with Crippen LogP contribution in [0.5, 0.6) is 11.5 Å². The average molecular weight is 617 g/mol. The van der Waals surface area contributed by atoms with E-state index in [0.717, 1.165) is 30.6 Å². The van der Waals surface area contributed by atoms with Crippen LogP contribution in [0.1, 0.15) is 68.6 Å². The molecule has 0 aliphatic carbocycles. The maximum atomic E-state index is 11.7. The van der Waals surface area contributed by atoms with Crippen LogP contribution >= 0.6 is 0 Å². The summed E-state index contributed by atoms with van der Waals surface area (Å²) >= 11 is 0. The summed E-state index contributed by atoms with van der Waals surface area (Å²) in [5.74, 6) is 2.06. The Morgan fingerprint density at radius 2 is 1.35 bits per heavy atom. The Bertz CT molecular complexity index is 1240. The summed E-state index contributed by atoms with van der Waals surface area (Å²) in [5.41, 5.74) is 3.58. The molecule has 2 atom stereocenters. The van der Waals surface area contributed by atoms with E-state index in [4.69, 9.17) is 23.5 Å². The van der Waals surface area contributed by atoms with E-state index < -0.39 is 10.1 Å². The molecule has 0 heterocycles. The Balaban J connectivity index is 0.000000329. The first-order valence-corrected chi connectivity index (χ1v) is 16.3. The topological polar surface area (TPSA) is 112 Å². The lowest BCUT2D eigenvalue weighted by molar-refractivity contribution is 0.0705. The summed E-state index contributed by atoms with van der Waals surface area (Å²) in [6, 6.07) is 22.4. The molecule has 3 aromatic carbocycles. The van der Waals surface area contributed by atoms with Gasteiger partial charge in [0.15, 0.2) is 0 Å². The van der Waals surface area contributed by atoms with Crippen LogP contribution in [-0.2, 0) is 23.8 Å². The van der Waals surface area contributed by atoms with E-state index in [-0.39, 0.29) is 18.1 Å². The highest BCUT2D eigenvalue weighted by Crippen LogP contribution is 2.33. The van der Waals surface area contributed by atoms with Crippen molar-refractivity contribution in [3.05, 3.63) is 89.5 Å². The number of rotatable bonds is 18. The molecule has 0 radical (unpaired) electrons. The maximum Gasteiger partial charge on any atom is 0.297 e. The zero-order valence-electron chi connectivity index (χ0n) is 25.9. The van der Waals surface area contributed by atoms with Gasteiger partial charge in [-0.1, -0.05) is 62.7 Å². The highest BCUT2D eigenvalue weighted by atomic mass is 32.2. The van der Waals surface area contributed by atoms with Gasteiger partial charge in [0.25, 0.3) is 10.1 Å². The van der Waals surface area contributed by atoms with Crippen LogP contribution in [0.15, 0.2) is 77.7 Å². The quantitative estimate of drug-likeness (QED) is 0.122. The minimum Gasteiger partial charge on any atom is -0.508 e. The summed E-state index contributed by atoms with van der Waals surface area (Å²) in [4.78, 5) is 0.179. The Morgan fingerprint density at radius 1 is 0.744 bits per heavy atom. The molecule has 8 nitrogen and oxygen atoms in total. The van der Waals surface area contributed by atoms with Crippen molar-refractivity contribution in [2.75, 3.05) is 46.2 Å². The number of aliphatic hydroxyl groups excluding tert-OH is 1. The van der Waals surface area contributed by atoms with Crippen molar-refractivity contribution in [1.82, 2.24) is 0 Å². The van der Waals surface area contributed by atoms with E-state index in [2.05, 4.69) is 26.0 Å². The van der Waals surface area contributed by atoms with Crippen molar-refractivity contribution in [1.29, 1.82) is 0 Å². The molecule has 0 aromatic heterocycles. The summed E-state index contributed by atoms with van der Waals surface area (Å²) in [6.07, 6.45) is 3.05. The summed E-state index contributed by atoms with van der Waals surface area (Å²) in [6.45, 7) is 10.6. The van der Waals surface area contributed by atoms with E-state index in [9.17, 15) is 13.5 Å². The number of aliphatic hydroxyl groups is 1. The molecule has 238 valence electrons. The van der Waals surface area contributed by atoms with Gasteiger partial charge >= 0.3 is 0 Å². The normalized spacial score (nSPS) is 12.7. The van der Waals surface area contributed by atoms with E-state index in [0.29, 0.717) is 50.6 Å². The minimum absolute atomic E-state index is 0.0372. The highest BCUT2D eigenvalue weighted by molar-refractivity contribution is 7.86. The largest absolute Gasteiger partial charge is 0.508 e. The fourth-order valence-electron chi connectivity index (χ4n) is 4.35. The van der Waals surface area contributed by atoms with Gasteiger partial charge in [0.1, 0.15) is 18.1 Å². The summed E-state index contributed by atoms with van der Waals surface area (Å²) in [7, 11) is -3.64.